The highest BCUT2D eigenvalue weighted by molar-refractivity contribution is 5.92. The molecule has 0 radical (unpaired) electrons. The van der Waals surface area contributed by atoms with Crippen molar-refractivity contribution in [3.63, 3.8) is 0 Å². The van der Waals surface area contributed by atoms with Gasteiger partial charge in [-0.1, -0.05) is 165 Å². The van der Waals surface area contributed by atoms with Gasteiger partial charge in [-0.2, -0.15) is 0 Å². The van der Waals surface area contributed by atoms with Gasteiger partial charge < -0.3 is 9.80 Å². The van der Waals surface area contributed by atoms with Crippen LogP contribution in [0.15, 0.2) is 217 Å². The molecule has 3 aliphatic rings. The van der Waals surface area contributed by atoms with E-state index < -0.39 is 0 Å². The molecule has 1 atom stereocenters. The van der Waals surface area contributed by atoms with Gasteiger partial charge in [0.15, 0.2) is 0 Å². The molecule has 1 unspecified atom stereocenters. The Bertz CT molecular complexity index is 2910. The van der Waals surface area contributed by atoms with Gasteiger partial charge >= 0.3 is 0 Å². The van der Waals surface area contributed by atoms with Crippen LogP contribution < -0.4 is 9.80 Å². The van der Waals surface area contributed by atoms with Crippen LogP contribution in [0.2, 0.25) is 0 Å². The van der Waals surface area contributed by atoms with E-state index in [1.165, 1.54) is 78.3 Å². The zero-order valence-corrected chi connectivity index (χ0v) is 35.9. The fourth-order valence-electron chi connectivity index (χ4n) is 10.4. The lowest BCUT2D eigenvalue weighted by Gasteiger charge is -2.47. The second-order valence-electron chi connectivity index (χ2n) is 17.3. The third-order valence-corrected chi connectivity index (χ3v) is 13.7. The lowest BCUT2D eigenvalue weighted by atomic mass is 9.64. The molecule has 2 nitrogen and oxygen atoms in total. The Morgan fingerprint density at radius 2 is 1.20 bits per heavy atom. The highest BCUT2D eigenvalue weighted by atomic mass is 15.2. The number of nitrogens with zero attached hydrogens (tertiary/aromatic N) is 2. The summed E-state index contributed by atoms with van der Waals surface area (Å²) in [5, 5.41) is 0. The van der Waals surface area contributed by atoms with Crippen LogP contribution in [0, 0.1) is 0 Å². The molecular weight excluding hydrogens is 737 g/mol. The molecule has 1 heterocycles. The number of rotatable bonds is 8. The van der Waals surface area contributed by atoms with Gasteiger partial charge in [-0.3, -0.25) is 0 Å². The van der Waals surface area contributed by atoms with Crippen LogP contribution >= 0.6 is 0 Å². The van der Waals surface area contributed by atoms with Gasteiger partial charge in [0.05, 0.1) is 11.4 Å². The van der Waals surface area contributed by atoms with Crippen LogP contribution in [0.5, 0.6) is 0 Å². The van der Waals surface area contributed by atoms with Crippen LogP contribution in [0.25, 0.3) is 27.8 Å². The van der Waals surface area contributed by atoms with E-state index in [4.69, 9.17) is 0 Å². The first kappa shape index (κ1) is 38.3. The molecule has 1 aliphatic heterocycles. The van der Waals surface area contributed by atoms with Crippen molar-refractivity contribution < 1.29 is 0 Å². The second kappa shape index (κ2) is 15.3. The summed E-state index contributed by atoms with van der Waals surface area (Å²) >= 11 is 0. The summed E-state index contributed by atoms with van der Waals surface area (Å²) in [6.45, 7) is 11.6. The Hall–Kier alpha value is -6.90. The van der Waals surface area contributed by atoms with Gasteiger partial charge in [0.25, 0.3) is 0 Å². The summed E-state index contributed by atoms with van der Waals surface area (Å²) in [6, 6.07) is 65.0. The van der Waals surface area contributed by atoms with Gasteiger partial charge in [-0.05, 0) is 138 Å². The van der Waals surface area contributed by atoms with Crippen molar-refractivity contribution >= 4 is 34.0 Å². The van der Waals surface area contributed by atoms with Gasteiger partial charge in [0.2, 0.25) is 0 Å². The first-order chi connectivity index (χ1) is 29.8. The molecule has 2 heteroatoms. The lowest BCUT2D eigenvalue weighted by molar-refractivity contribution is 0.612. The number of hydrogen-bond donors (Lipinski definition) is 0. The molecule has 0 N–H and O–H groups in total. The minimum absolute atomic E-state index is 0.0895. The monoisotopic (exact) mass is 788 g/mol. The molecule has 0 amide bonds. The van der Waals surface area contributed by atoms with Gasteiger partial charge in [-0.15, -0.1) is 0 Å². The van der Waals surface area contributed by atoms with E-state index in [0.29, 0.717) is 0 Å². The van der Waals surface area contributed by atoms with E-state index in [1.807, 2.05) is 0 Å². The molecule has 7 aromatic carbocycles. The fourth-order valence-corrected chi connectivity index (χ4v) is 10.4. The number of fused-ring (bicyclic) bond motifs is 2. The molecule has 0 spiro atoms. The lowest BCUT2D eigenvalue weighted by Crippen LogP contribution is -2.38. The highest BCUT2D eigenvalue weighted by Gasteiger charge is 2.44. The predicted molar refractivity (Wildman–Crippen MR) is 259 cm³/mol. The Morgan fingerprint density at radius 1 is 0.574 bits per heavy atom. The maximum absolute atomic E-state index is 2.47. The number of anilines is 5. The molecule has 0 saturated carbocycles. The zero-order chi connectivity index (χ0) is 41.7. The van der Waals surface area contributed by atoms with Gasteiger partial charge in [0.1, 0.15) is 0 Å². The normalized spacial score (nSPS) is 17.7. The molecule has 0 aromatic heterocycles. The summed E-state index contributed by atoms with van der Waals surface area (Å²) in [4.78, 5) is 4.93. The minimum Gasteiger partial charge on any atom is -0.310 e. The van der Waals surface area contributed by atoms with E-state index in [2.05, 4.69) is 245 Å². The quantitative estimate of drug-likeness (QED) is 0.151. The maximum atomic E-state index is 2.47. The van der Waals surface area contributed by atoms with E-state index in [9.17, 15) is 0 Å². The third-order valence-electron chi connectivity index (χ3n) is 13.7. The van der Waals surface area contributed by atoms with E-state index >= 15 is 0 Å². The zero-order valence-electron chi connectivity index (χ0n) is 35.9. The predicted octanol–water partition coefficient (Wildman–Crippen LogP) is 16.2. The van der Waals surface area contributed by atoms with E-state index in [1.54, 1.807) is 0 Å². The Kier molecular flexibility index (Phi) is 9.60. The first-order valence-electron chi connectivity index (χ1n) is 21.8. The van der Waals surface area contributed by atoms with Gasteiger partial charge in [0, 0.05) is 39.2 Å². The Labute approximate surface area is 362 Å². The van der Waals surface area contributed by atoms with Crippen molar-refractivity contribution in [3.8, 4) is 22.3 Å². The molecule has 10 rings (SSSR count). The second-order valence-corrected chi connectivity index (χ2v) is 17.3. The van der Waals surface area contributed by atoms with Crippen molar-refractivity contribution in [3.05, 3.63) is 239 Å². The fraction of sp³-hybridized carbons (Fsp3) is 0.153. The number of hydrogen-bond acceptors (Lipinski definition) is 2. The molecule has 298 valence electrons. The van der Waals surface area contributed by atoms with Crippen LogP contribution in [-0.4, -0.2) is 0 Å². The summed E-state index contributed by atoms with van der Waals surface area (Å²) in [5.74, 6) is 0. The third kappa shape index (κ3) is 6.24. The highest BCUT2D eigenvalue weighted by Crippen LogP contribution is 2.56. The molecule has 7 aromatic rings. The molecular formula is C59H52N2. The maximum Gasteiger partial charge on any atom is 0.0540 e. The smallest absolute Gasteiger partial charge is 0.0540 e. The number of benzene rings is 7. The van der Waals surface area contributed by atoms with E-state index in [-0.39, 0.29) is 10.8 Å². The van der Waals surface area contributed by atoms with Crippen molar-refractivity contribution in [2.24, 2.45) is 0 Å². The Morgan fingerprint density at radius 3 is 1.95 bits per heavy atom. The van der Waals surface area contributed by atoms with Crippen LogP contribution in [0.4, 0.5) is 28.4 Å². The standard InChI is InChI=1S/C59H52N2/c1-6-21-47-41(2)58(3,4)54-40-46(38-39-50(47)54)60(55-31-18-14-27-49(55)42-22-9-7-10-23-42)45-36-34-43(35-37-45)48-26-13-15-28-51(48)59(5)52-29-16-19-32-56(52)61(44-24-11-8-12-25-44)57-33-20-17-30-53(57)59/h6-16,18-29,31-40H,17,30H2,1-5H3/b21-6-. The SMILES string of the molecule is C/C=C\C1=C(C)C(C)(C)c2cc(N(c3ccc(-c4ccccc4C4(C)C5=C(C=CCC5)N(c5ccccc5)c5ccccc54)cc3)c3ccccc3-c3ccccc3)ccc21. The summed E-state index contributed by atoms with van der Waals surface area (Å²) < 4.78 is 0. The topological polar surface area (TPSA) is 6.48 Å². The van der Waals surface area contributed by atoms with Crippen molar-refractivity contribution in [2.75, 3.05) is 9.80 Å². The molecule has 0 bridgehead atoms. The average Bonchev–Trinajstić information content (AvgIpc) is 3.50. The van der Waals surface area contributed by atoms with Crippen LogP contribution in [0.1, 0.15) is 69.7 Å². The van der Waals surface area contributed by atoms with Crippen molar-refractivity contribution in [2.45, 2.75) is 58.3 Å². The number of allylic oxidation sites excluding steroid dienone is 7. The van der Waals surface area contributed by atoms with E-state index in [0.717, 1.165) is 29.9 Å². The first-order valence-corrected chi connectivity index (χ1v) is 21.8. The number of para-hydroxylation sites is 3. The largest absolute Gasteiger partial charge is 0.310 e. The Balaban J connectivity index is 1.12. The molecule has 2 aliphatic carbocycles. The van der Waals surface area contributed by atoms with Crippen LogP contribution in [-0.2, 0) is 10.8 Å². The summed E-state index contributed by atoms with van der Waals surface area (Å²) in [6.07, 6.45) is 11.2. The summed E-state index contributed by atoms with van der Waals surface area (Å²) in [5.41, 5.74) is 21.1. The minimum atomic E-state index is -0.340. The van der Waals surface area contributed by atoms with Crippen molar-refractivity contribution in [1.82, 2.24) is 0 Å². The van der Waals surface area contributed by atoms with Gasteiger partial charge in [-0.25, -0.2) is 0 Å². The molecule has 61 heavy (non-hydrogen) atoms. The average molecular weight is 789 g/mol. The summed E-state index contributed by atoms with van der Waals surface area (Å²) in [7, 11) is 0. The van der Waals surface area contributed by atoms with Crippen molar-refractivity contribution in [1.29, 1.82) is 0 Å². The molecule has 0 fully saturated rings. The van der Waals surface area contributed by atoms with Crippen LogP contribution in [0.3, 0.4) is 0 Å². The molecule has 0 saturated heterocycles.